The molecule has 0 heterocycles. The molecular formula is C21H19N3O6. The predicted octanol–water partition coefficient (Wildman–Crippen LogP) is 2.86. The number of hydrogen-bond acceptors (Lipinski definition) is 8. The Morgan fingerprint density at radius 3 is 2.30 bits per heavy atom. The van der Waals surface area contributed by atoms with Crippen LogP contribution in [0.1, 0.15) is 5.56 Å². The number of anilines is 2. The van der Waals surface area contributed by atoms with E-state index in [4.69, 9.17) is 15.2 Å². The van der Waals surface area contributed by atoms with Gasteiger partial charge in [0.15, 0.2) is 11.5 Å². The van der Waals surface area contributed by atoms with Crippen LogP contribution < -0.4 is 11.1 Å². The first-order valence-electron chi connectivity index (χ1n) is 8.81. The number of ketones is 2. The number of nitrogens with one attached hydrogen (secondary N) is 1. The summed E-state index contributed by atoms with van der Waals surface area (Å²) in [5.41, 5.74) is 8.17. The smallest absolute Gasteiger partial charge is 0.276 e. The molecule has 9 heteroatoms. The summed E-state index contributed by atoms with van der Waals surface area (Å²) >= 11 is 0. The van der Waals surface area contributed by atoms with Crippen LogP contribution in [0.2, 0.25) is 0 Å². The van der Waals surface area contributed by atoms with Crippen molar-refractivity contribution in [2.24, 2.45) is 0 Å². The van der Waals surface area contributed by atoms with Gasteiger partial charge in [-0.15, -0.1) is 0 Å². The van der Waals surface area contributed by atoms with Crippen LogP contribution in [0.3, 0.4) is 0 Å². The number of nitrogens with zero attached hydrogens (tertiary/aromatic N) is 1. The quantitative estimate of drug-likeness (QED) is 0.431. The van der Waals surface area contributed by atoms with Crippen molar-refractivity contribution < 1.29 is 24.0 Å². The van der Waals surface area contributed by atoms with Crippen molar-refractivity contribution in [1.82, 2.24) is 0 Å². The van der Waals surface area contributed by atoms with E-state index in [9.17, 15) is 19.7 Å². The van der Waals surface area contributed by atoms with Crippen LogP contribution in [-0.2, 0) is 19.1 Å². The number of nitro benzene ring substituents is 1. The highest BCUT2D eigenvalue weighted by Gasteiger charge is 2.23. The molecule has 0 bridgehead atoms. The molecule has 154 valence electrons. The molecule has 2 aliphatic carbocycles. The predicted molar refractivity (Wildman–Crippen MR) is 110 cm³/mol. The van der Waals surface area contributed by atoms with Gasteiger partial charge >= 0.3 is 0 Å². The van der Waals surface area contributed by atoms with E-state index in [1.807, 2.05) is 0 Å². The molecule has 0 aliphatic heterocycles. The lowest BCUT2D eigenvalue weighted by atomic mass is 9.94. The van der Waals surface area contributed by atoms with Crippen LogP contribution in [0.4, 0.5) is 17.1 Å². The molecule has 2 aliphatic rings. The van der Waals surface area contributed by atoms with Crippen LogP contribution in [0, 0.1) is 17.0 Å². The standard InChI is InChI=1S/C21H19N3O6/c1-11-15(22)7-13(8-17(11)24(27)28)23-16-10-19(26)21(30-3)9-14(16)12-4-5-18(25)20(6-12)29-2/h4-10,23H,22H2,1-3H3/b14-12-. The van der Waals surface area contributed by atoms with Gasteiger partial charge in [0.25, 0.3) is 5.69 Å². The van der Waals surface area contributed by atoms with E-state index >= 15 is 0 Å². The number of methoxy groups -OCH3 is 2. The first kappa shape index (κ1) is 20.6. The lowest BCUT2D eigenvalue weighted by Crippen LogP contribution is -2.16. The molecular weight excluding hydrogens is 390 g/mol. The zero-order chi connectivity index (χ0) is 22.0. The van der Waals surface area contributed by atoms with Crippen molar-refractivity contribution in [3.63, 3.8) is 0 Å². The maximum absolute atomic E-state index is 12.3. The molecule has 0 aromatic heterocycles. The Morgan fingerprint density at radius 2 is 1.67 bits per heavy atom. The van der Waals surface area contributed by atoms with E-state index in [1.54, 1.807) is 25.1 Å². The summed E-state index contributed by atoms with van der Waals surface area (Å²) in [6.07, 6.45) is 7.31. The molecule has 0 saturated carbocycles. The van der Waals surface area contributed by atoms with Crippen LogP contribution in [0.25, 0.3) is 0 Å². The van der Waals surface area contributed by atoms with Crippen LogP contribution in [0.5, 0.6) is 0 Å². The van der Waals surface area contributed by atoms with Crippen LogP contribution in [-0.4, -0.2) is 30.7 Å². The maximum atomic E-state index is 12.3. The summed E-state index contributed by atoms with van der Waals surface area (Å²) in [7, 11) is 2.76. The Morgan fingerprint density at radius 1 is 1.00 bits per heavy atom. The minimum absolute atomic E-state index is 0.107. The van der Waals surface area contributed by atoms with Gasteiger partial charge < -0.3 is 20.5 Å². The summed E-state index contributed by atoms with van der Waals surface area (Å²) in [5.74, 6) is -0.426. The second-order valence-corrected chi connectivity index (χ2v) is 6.51. The molecule has 0 radical (unpaired) electrons. The molecule has 0 unspecified atom stereocenters. The second kappa shape index (κ2) is 8.08. The van der Waals surface area contributed by atoms with E-state index in [-0.39, 0.29) is 34.5 Å². The van der Waals surface area contributed by atoms with Crippen LogP contribution in [0.15, 0.2) is 70.9 Å². The van der Waals surface area contributed by atoms with E-state index in [2.05, 4.69) is 5.32 Å². The van der Waals surface area contributed by atoms with Gasteiger partial charge in [0, 0.05) is 34.7 Å². The van der Waals surface area contributed by atoms with Gasteiger partial charge in [-0.25, -0.2) is 0 Å². The van der Waals surface area contributed by atoms with E-state index in [0.717, 1.165) is 0 Å². The van der Waals surface area contributed by atoms with Gasteiger partial charge in [-0.2, -0.15) is 0 Å². The number of hydrogen-bond donors (Lipinski definition) is 2. The Balaban J connectivity index is 2.11. The van der Waals surface area contributed by atoms with E-state index < -0.39 is 4.92 Å². The second-order valence-electron chi connectivity index (χ2n) is 6.51. The zero-order valence-electron chi connectivity index (χ0n) is 16.5. The number of rotatable bonds is 5. The highest BCUT2D eigenvalue weighted by Crippen LogP contribution is 2.33. The van der Waals surface area contributed by atoms with Crippen molar-refractivity contribution in [2.45, 2.75) is 6.92 Å². The molecule has 0 spiro atoms. The molecule has 0 atom stereocenters. The van der Waals surface area contributed by atoms with Gasteiger partial charge in [-0.3, -0.25) is 19.7 Å². The van der Waals surface area contributed by atoms with Crippen molar-refractivity contribution in [3.05, 3.63) is 86.6 Å². The highest BCUT2D eigenvalue weighted by molar-refractivity contribution is 6.07. The summed E-state index contributed by atoms with van der Waals surface area (Å²) in [6.45, 7) is 1.56. The normalized spacial score (nSPS) is 18.4. The number of benzene rings is 1. The van der Waals surface area contributed by atoms with Gasteiger partial charge in [0.05, 0.1) is 24.8 Å². The first-order valence-corrected chi connectivity index (χ1v) is 8.81. The largest absolute Gasteiger partial charge is 0.493 e. The summed E-state index contributed by atoms with van der Waals surface area (Å²) in [4.78, 5) is 35.0. The number of nitro groups is 1. The van der Waals surface area contributed by atoms with Crippen LogP contribution >= 0.6 is 0 Å². The minimum atomic E-state index is -0.525. The zero-order valence-corrected chi connectivity index (χ0v) is 16.5. The van der Waals surface area contributed by atoms with Crippen molar-refractivity contribution in [2.75, 3.05) is 25.3 Å². The summed E-state index contributed by atoms with van der Waals surface area (Å²) in [5, 5.41) is 14.3. The molecule has 0 fully saturated rings. The average Bonchev–Trinajstić information content (AvgIpc) is 2.71. The highest BCUT2D eigenvalue weighted by atomic mass is 16.6. The Bertz CT molecular complexity index is 1120. The third-order valence-electron chi connectivity index (χ3n) is 4.67. The SMILES string of the molecule is COC1=C/C(=C2/C=C(OC)C(=O)C=C2Nc2cc(N)c(C)c([N+](=O)[O-])c2)C=CC1=O. The van der Waals surface area contributed by atoms with Crippen molar-refractivity contribution in [1.29, 1.82) is 0 Å². The average molecular weight is 409 g/mol. The fourth-order valence-corrected chi connectivity index (χ4v) is 3.04. The number of carbonyl (C=O) groups excluding carboxylic acids is 2. The monoisotopic (exact) mass is 409 g/mol. The van der Waals surface area contributed by atoms with Crippen molar-refractivity contribution in [3.8, 4) is 0 Å². The van der Waals surface area contributed by atoms with Crippen molar-refractivity contribution >= 4 is 28.6 Å². The van der Waals surface area contributed by atoms with Gasteiger partial charge in [0.2, 0.25) is 11.6 Å². The lowest BCUT2D eigenvalue weighted by molar-refractivity contribution is -0.385. The summed E-state index contributed by atoms with van der Waals surface area (Å²) in [6, 6.07) is 2.88. The number of allylic oxidation sites excluding steroid dienone is 6. The fourth-order valence-electron chi connectivity index (χ4n) is 3.04. The molecule has 9 nitrogen and oxygen atoms in total. The number of carbonyl (C=O) groups is 2. The lowest BCUT2D eigenvalue weighted by Gasteiger charge is -2.20. The van der Waals surface area contributed by atoms with Gasteiger partial charge in [-0.1, -0.05) is 6.08 Å². The Kier molecular flexibility index (Phi) is 5.54. The minimum Gasteiger partial charge on any atom is -0.493 e. The molecule has 3 N–H and O–H groups in total. The summed E-state index contributed by atoms with van der Waals surface area (Å²) < 4.78 is 10.2. The Hall–Kier alpha value is -4.14. The van der Waals surface area contributed by atoms with E-state index in [1.165, 1.54) is 38.5 Å². The third kappa shape index (κ3) is 3.86. The molecule has 0 amide bonds. The molecule has 1 aromatic rings. The first-order chi connectivity index (χ1) is 14.2. The topological polar surface area (TPSA) is 134 Å². The molecule has 0 saturated heterocycles. The maximum Gasteiger partial charge on any atom is 0.276 e. The molecule has 1 aromatic carbocycles. The number of nitrogen functional groups attached to an aromatic ring is 1. The van der Waals surface area contributed by atoms with Gasteiger partial charge in [0.1, 0.15) is 0 Å². The molecule has 3 rings (SSSR count). The molecule has 30 heavy (non-hydrogen) atoms. The Labute approximate surface area is 172 Å². The fraction of sp³-hybridized carbons (Fsp3) is 0.143. The number of nitrogens with two attached hydrogens (primary N) is 1. The van der Waals surface area contributed by atoms with Gasteiger partial charge in [-0.05, 0) is 36.8 Å². The third-order valence-corrected chi connectivity index (χ3v) is 4.67. The number of ether oxygens (including phenoxy) is 2. The van der Waals surface area contributed by atoms with E-state index in [0.29, 0.717) is 28.1 Å².